The Bertz CT molecular complexity index is 1110. The summed E-state index contributed by atoms with van der Waals surface area (Å²) >= 11 is 0. The van der Waals surface area contributed by atoms with E-state index in [9.17, 15) is 19.6 Å². The van der Waals surface area contributed by atoms with Gasteiger partial charge < -0.3 is 20.4 Å². The fraction of sp³-hybridized carbons (Fsp3) is 0.556. The molecule has 2 saturated carbocycles. The van der Waals surface area contributed by atoms with Gasteiger partial charge in [0.05, 0.1) is 13.2 Å². The van der Waals surface area contributed by atoms with Crippen molar-refractivity contribution in [1.29, 1.82) is 5.26 Å². The van der Waals surface area contributed by atoms with Gasteiger partial charge in [0.1, 0.15) is 29.3 Å². The fourth-order valence-electron chi connectivity index (χ4n) is 5.49. The summed E-state index contributed by atoms with van der Waals surface area (Å²) in [7, 11) is 1.58. The van der Waals surface area contributed by atoms with Gasteiger partial charge in [-0.1, -0.05) is 38.2 Å². The lowest BCUT2D eigenvalue weighted by molar-refractivity contribution is -0.125. The molecule has 1 aromatic heterocycles. The van der Waals surface area contributed by atoms with Crippen LogP contribution in [0.5, 0.6) is 5.75 Å². The molecule has 3 N–H and O–H groups in total. The molecule has 2 aliphatic carbocycles. The van der Waals surface area contributed by atoms with Gasteiger partial charge in [0.2, 0.25) is 5.91 Å². The van der Waals surface area contributed by atoms with Crippen molar-refractivity contribution in [3.05, 3.63) is 30.0 Å². The van der Waals surface area contributed by atoms with Crippen LogP contribution in [0.15, 0.2) is 24.3 Å². The Hall–Kier alpha value is -3.34. The second-order valence-corrected chi connectivity index (χ2v) is 9.85. The highest BCUT2D eigenvalue weighted by atomic mass is 16.5. The van der Waals surface area contributed by atoms with Crippen LogP contribution < -0.4 is 15.4 Å². The number of ketones is 1. The molecule has 35 heavy (non-hydrogen) atoms. The molecule has 1 heterocycles. The van der Waals surface area contributed by atoms with Crippen LogP contribution in [-0.2, 0) is 9.59 Å². The van der Waals surface area contributed by atoms with Crippen LogP contribution in [0.2, 0.25) is 0 Å². The van der Waals surface area contributed by atoms with Crippen molar-refractivity contribution < 1.29 is 19.1 Å². The standard InChI is InChI=1S/C27H34N4O4/c1-35-25-12-6-10-21-20(25)15-23(30-21)27(34)31-22(13-17-7-3-2-4-8-17)26(33)29-19(16-28)14-18-9-5-11-24(18)32/h6,10,12,15,17-19,22,30H,2-5,7-9,11,13-14H2,1H3,(H,29,33)(H,31,34). The molecule has 0 spiro atoms. The van der Waals surface area contributed by atoms with E-state index in [1.165, 1.54) is 6.42 Å². The van der Waals surface area contributed by atoms with E-state index in [4.69, 9.17) is 4.74 Å². The van der Waals surface area contributed by atoms with Crippen LogP contribution in [0, 0.1) is 23.2 Å². The molecule has 0 bridgehead atoms. The molecule has 2 aliphatic rings. The number of amides is 2. The first kappa shape index (κ1) is 24.8. The molecule has 2 aromatic rings. The topological polar surface area (TPSA) is 124 Å². The third-order valence-corrected chi connectivity index (χ3v) is 7.43. The van der Waals surface area contributed by atoms with Crippen molar-refractivity contribution in [3.8, 4) is 11.8 Å². The van der Waals surface area contributed by atoms with Crippen molar-refractivity contribution in [2.24, 2.45) is 11.8 Å². The number of nitriles is 1. The fourth-order valence-corrected chi connectivity index (χ4v) is 5.49. The second-order valence-electron chi connectivity index (χ2n) is 9.85. The molecule has 0 saturated heterocycles. The number of Topliss-reactive ketones (excluding diaryl/α,β-unsaturated/α-hetero) is 1. The molecule has 4 rings (SSSR count). The largest absolute Gasteiger partial charge is 0.496 e. The molecule has 186 valence electrons. The smallest absolute Gasteiger partial charge is 0.268 e. The number of H-pyrrole nitrogens is 1. The summed E-state index contributed by atoms with van der Waals surface area (Å²) in [6.45, 7) is 0. The van der Waals surface area contributed by atoms with Crippen LogP contribution >= 0.6 is 0 Å². The van der Waals surface area contributed by atoms with Gasteiger partial charge in [-0.3, -0.25) is 14.4 Å². The van der Waals surface area contributed by atoms with E-state index in [-0.39, 0.29) is 23.5 Å². The average Bonchev–Trinajstić information content (AvgIpc) is 3.49. The van der Waals surface area contributed by atoms with Crippen LogP contribution in [0.3, 0.4) is 0 Å². The molecular formula is C27H34N4O4. The molecular weight excluding hydrogens is 444 g/mol. The molecule has 8 heteroatoms. The number of aromatic nitrogens is 1. The van der Waals surface area contributed by atoms with Crippen LogP contribution in [0.25, 0.3) is 10.9 Å². The van der Waals surface area contributed by atoms with E-state index in [0.717, 1.165) is 49.4 Å². The summed E-state index contributed by atoms with van der Waals surface area (Å²) in [6.07, 6.45) is 8.51. The average molecular weight is 479 g/mol. The summed E-state index contributed by atoms with van der Waals surface area (Å²) in [5.74, 6) is 0.258. The lowest BCUT2D eigenvalue weighted by Crippen LogP contribution is -2.50. The van der Waals surface area contributed by atoms with Crippen molar-refractivity contribution in [2.75, 3.05) is 7.11 Å². The Morgan fingerprint density at radius 2 is 1.94 bits per heavy atom. The number of benzene rings is 1. The number of fused-ring (bicyclic) bond motifs is 1. The van der Waals surface area contributed by atoms with Gasteiger partial charge in [-0.2, -0.15) is 5.26 Å². The number of aromatic amines is 1. The number of methoxy groups -OCH3 is 1. The van der Waals surface area contributed by atoms with E-state index in [2.05, 4.69) is 21.7 Å². The van der Waals surface area contributed by atoms with E-state index < -0.39 is 12.1 Å². The monoisotopic (exact) mass is 478 g/mol. The zero-order chi connectivity index (χ0) is 24.8. The van der Waals surface area contributed by atoms with Gasteiger partial charge >= 0.3 is 0 Å². The molecule has 3 atom stereocenters. The lowest BCUT2D eigenvalue weighted by Gasteiger charge is -2.27. The molecule has 2 fully saturated rings. The predicted octanol–water partition coefficient (Wildman–Crippen LogP) is 4.01. The van der Waals surface area contributed by atoms with E-state index in [1.54, 1.807) is 13.2 Å². The third-order valence-electron chi connectivity index (χ3n) is 7.43. The second kappa shape index (κ2) is 11.4. The molecule has 3 unspecified atom stereocenters. The van der Waals surface area contributed by atoms with Gasteiger partial charge in [0.25, 0.3) is 5.91 Å². The van der Waals surface area contributed by atoms with Gasteiger partial charge in [0, 0.05) is 23.2 Å². The first-order chi connectivity index (χ1) is 17.0. The summed E-state index contributed by atoms with van der Waals surface area (Å²) in [4.78, 5) is 41.6. The zero-order valence-electron chi connectivity index (χ0n) is 20.3. The maximum atomic E-state index is 13.3. The summed E-state index contributed by atoms with van der Waals surface area (Å²) in [6, 6.07) is 7.89. The Kier molecular flexibility index (Phi) is 8.06. The maximum absolute atomic E-state index is 13.3. The quantitative estimate of drug-likeness (QED) is 0.502. The van der Waals surface area contributed by atoms with Crippen molar-refractivity contribution in [2.45, 2.75) is 76.3 Å². The minimum absolute atomic E-state index is 0.167. The Balaban J connectivity index is 1.48. The highest BCUT2D eigenvalue weighted by molar-refractivity contribution is 6.01. The SMILES string of the molecule is COc1cccc2[nH]c(C(=O)NC(CC3CCCCC3)C(=O)NC(C#N)CC3CCCC3=O)cc12. The first-order valence-electron chi connectivity index (χ1n) is 12.7. The number of nitrogens with one attached hydrogen (secondary N) is 3. The number of ether oxygens (including phenoxy) is 1. The first-order valence-corrected chi connectivity index (χ1v) is 12.7. The van der Waals surface area contributed by atoms with E-state index in [1.807, 2.05) is 18.2 Å². The Morgan fingerprint density at radius 1 is 1.14 bits per heavy atom. The van der Waals surface area contributed by atoms with Crippen LogP contribution in [0.1, 0.15) is 74.7 Å². The van der Waals surface area contributed by atoms with Crippen LogP contribution in [0.4, 0.5) is 0 Å². The minimum Gasteiger partial charge on any atom is -0.496 e. The zero-order valence-corrected chi connectivity index (χ0v) is 20.3. The lowest BCUT2D eigenvalue weighted by atomic mass is 9.84. The number of carbonyl (C=O) groups excluding carboxylic acids is 3. The third kappa shape index (κ3) is 6.02. The molecule has 1 aromatic carbocycles. The number of hydrogen-bond donors (Lipinski definition) is 3. The van der Waals surface area contributed by atoms with Gasteiger partial charge in [0.15, 0.2) is 0 Å². The summed E-state index contributed by atoms with van der Waals surface area (Å²) < 4.78 is 5.39. The number of carbonyl (C=O) groups is 3. The molecule has 8 nitrogen and oxygen atoms in total. The van der Waals surface area contributed by atoms with Crippen molar-refractivity contribution >= 4 is 28.5 Å². The van der Waals surface area contributed by atoms with Crippen molar-refractivity contribution in [3.63, 3.8) is 0 Å². The number of nitrogens with zero attached hydrogens (tertiary/aromatic N) is 1. The van der Waals surface area contributed by atoms with Crippen molar-refractivity contribution in [1.82, 2.24) is 15.6 Å². The minimum atomic E-state index is -0.756. The van der Waals surface area contributed by atoms with Gasteiger partial charge in [-0.15, -0.1) is 0 Å². The number of hydrogen-bond acceptors (Lipinski definition) is 5. The Labute approximate surface area is 205 Å². The summed E-state index contributed by atoms with van der Waals surface area (Å²) in [5, 5.41) is 16.1. The number of rotatable bonds is 9. The maximum Gasteiger partial charge on any atom is 0.268 e. The van der Waals surface area contributed by atoms with Crippen LogP contribution in [-0.4, -0.2) is 41.8 Å². The van der Waals surface area contributed by atoms with E-state index in [0.29, 0.717) is 36.6 Å². The summed E-state index contributed by atoms with van der Waals surface area (Å²) in [5.41, 5.74) is 1.12. The van der Waals surface area contributed by atoms with Gasteiger partial charge in [-0.25, -0.2) is 0 Å². The Morgan fingerprint density at radius 3 is 2.63 bits per heavy atom. The normalized spacial score (nSPS) is 20.2. The molecule has 0 aliphatic heterocycles. The molecule has 2 amide bonds. The highest BCUT2D eigenvalue weighted by Crippen LogP contribution is 2.29. The highest BCUT2D eigenvalue weighted by Gasteiger charge is 2.31. The van der Waals surface area contributed by atoms with E-state index >= 15 is 0 Å². The predicted molar refractivity (Wildman–Crippen MR) is 132 cm³/mol. The molecule has 0 radical (unpaired) electrons. The van der Waals surface area contributed by atoms with Gasteiger partial charge in [-0.05, 0) is 49.8 Å².